The van der Waals surface area contributed by atoms with Crippen molar-refractivity contribution in [3.63, 3.8) is 0 Å². The Balaban J connectivity index is 1.84. The summed E-state index contributed by atoms with van der Waals surface area (Å²) in [5, 5.41) is 3.42. The highest BCUT2D eigenvalue weighted by Gasteiger charge is 2.32. The molecule has 1 aromatic heterocycles. The van der Waals surface area contributed by atoms with E-state index in [1.165, 1.54) is 0 Å². The first-order chi connectivity index (χ1) is 7.73. The van der Waals surface area contributed by atoms with Crippen LogP contribution in [0.3, 0.4) is 0 Å². The highest BCUT2D eigenvalue weighted by molar-refractivity contribution is 5.24. The Kier molecular flexibility index (Phi) is 3.41. The van der Waals surface area contributed by atoms with Gasteiger partial charge in [-0.25, -0.2) is 4.98 Å². The summed E-state index contributed by atoms with van der Waals surface area (Å²) < 4.78 is 10.4. The molecule has 1 saturated heterocycles. The van der Waals surface area contributed by atoms with Crippen LogP contribution in [0.1, 0.15) is 12.5 Å². The number of aromatic nitrogens is 1. The third-order valence-corrected chi connectivity index (χ3v) is 2.81. The number of pyridine rings is 1. The number of methoxy groups -OCH3 is 1. The fourth-order valence-electron chi connectivity index (χ4n) is 1.79. The maximum absolute atomic E-state index is 5.21. The maximum atomic E-state index is 5.21. The van der Waals surface area contributed by atoms with Crippen LogP contribution in [-0.2, 0) is 11.3 Å². The van der Waals surface area contributed by atoms with Crippen molar-refractivity contribution in [1.82, 2.24) is 10.3 Å². The highest BCUT2D eigenvalue weighted by atomic mass is 16.5. The zero-order valence-corrected chi connectivity index (χ0v) is 9.82. The molecule has 1 aromatic rings. The number of rotatable bonds is 5. The van der Waals surface area contributed by atoms with Gasteiger partial charge in [0.15, 0.2) is 0 Å². The van der Waals surface area contributed by atoms with E-state index in [0.29, 0.717) is 11.3 Å². The average molecular weight is 222 g/mol. The molecule has 0 aliphatic carbocycles. The third kappa shape index (κ3) is 2.51. The van der Waals surface area contributed by atoms with E-state index in [2.05, 4.69) is 17.2 Å². The van der Waals surface area contributed by atoms with Gasteiger partial charge < -0.3 is 14.8 Å². The number of hydrogen-bond donors (Lipinski definition) is 1. The summed E-state index contributed by atoms with van der Waals surface area (Å²) in [5.74, 6) is 0.699. The maximum Gasteiger partial charge on any atom is 0.217 e. The van der Waals surface area contributed by atoms with E-state index in [1.54, 1.807) is 13.3 Å². The Morgan fingerprint density at radius 1 is 1.56 bits per heavy atom. The molecule has 1 aliphatic heterocycles. The van der Waals surface area contributed by atoms with Crippen LogP contribution >= 0.6 is 0 Å². The second kappa shape index (κ2) is 4.80. The molecule has 0 spiro atoms. The molecule has 1 fully saturated rings. The Morgan fingerprint density at radius 3 is 3.00 bits per heavy atom. The molecule has 2 heterocycles. The molecule has 0 radical (unpaired) electrons. The zero-order chi connectivity index (χ0) is 11.4. The van der Waals surface area contributed by atoms with E-state index in [0.717, 1.165) is 31.9 Å². The predicted molar refractivity (Wildman–Crippen MR) is 61.4 cm³/mol. The van der Waals surface area contributed by atoms with Crippen molar-refractivity contribution in [1.29, 1.82) is 0 Å². The van der Waals surface area contributed by atoms with E-state index in [1.807, 2.05) is 12.1 Å². The van der Waals surface area contributed by atoms with Crippen molar-refractivity contribution < 1.29 is 9.47 Å². The smallest absolute Gasteiger partial charge is 0.217 e. The topological polar surface area (TPSA) is 43.4 Å². The van der Waals surface area contributed by atoms with Gasteiger partial charge in [0.1, 0.15) is 0 Å². The summed E-state index contributed by atoms with van der Waals surface area (Å²) in [6.07, 6.45) is 1.74. The fraction of sp³-hybridized carbons (Fsp3) is 0.583. The molecular formula is C12H18N2O2. The summed E-state index contributed by atoms with van der Waals surface area (Å²) >= 11 is 0. The Morgan fingerprint density at radius 2 is 2.38 bits per heavy atom. The minimum Gasteiger partial charge on any atom is -0.481 e. The van der Waals surface area contributed by atoms with Gasteiger partial charge in [-0.05, 0) is 6.07 Å². The molecule has 4 heteroatoms. The summed E-state index contributed by atoms with van der Waals surface area (Å²) in [6, 6.07) is 3.95. The largest absolute Gasteiger partial charge is 0.481 e. The lowest BCUT2D eigenvalue weighted by Crippen LogP contribution is -2.47. The van der Waals surface area contributed by atoms with Crippen LogP contribution in [0.4, 0.5) is 0 Å². The zero-order valence-electron chi connectivity index (χ0n) is 9.82. The Hall–Kier alpha value is -1.13. The van der Waals surface area contributed by atoms with Gasteiger partial charge in [0.05, 0.1) is 20.3 Å². The molecule has 16 heavy (non-hydrogen) atoms. The lowest BCUT2D eigenvalue weighted by molar-refractivity contribution is -0.0991. The van der Waals surface area contributed by atoms with Crippen LogP contribution in [0.15, 0.2) is 18.3 Å². The molecule has 0 unspecified atom stereocenters. The fourth-order valence-corrected chi connectivity index (χ4v) is 1.79. The molecular weight excluding hydrogens is 204 g/mol. The van der Waals surface area contributed by atoms with E-state index < -0.39 is 0 Å². The number of nitrogens with zero attached hydrogens (tertiary/aromatic N) is 1. The summed E-state index contributed by atoms with van der Waals surface area (Å²) in [7, 11) is 1.65. The van der Waals surface area contributed by atoms with Gasteiger partial charge >= 0.3 is 0 Å². The molecule has 0 bridgehead atoms. The van der Waals surface area contributed by atoms with Gasteiger partial charge in [-0.15, -0.1) is 0 Å². The first kappa shape index (κ1) is 11.4. The van der Waals surface area contributed by atoms with Crippen molar-refractivity contribution in [2.45, 2.75) is 13.5 Å². The molecule has 1 N–H and O–H groups in total. The van der Waals surface area contributed by atoms with Crippen LogP contribution in [-0.4, -0.2) is 31.9 Å². The number of ether oxygens (including phenoxy) is 2. The molecule has 4 nitrogen and oxygen atoms in total. The second-order valence-electron chi connectivity index (χ2n) is 4.58. The van der Waals surface area contributed by atoms with Crippen LogP contribution in [0.2, 0.25) is 0 Å². The summed E-state index contributed by atoms with van der Waals surface area (Å²) in [5.41, 5.74) is 1.39. The summed E-state index contributed by atoms with van der Waals surface area (Å²) in [4.78, 5) is 4.16. The van der Waals surface area contributed by atoms with E-state index in [9.17, 15) is 0 Å². The first-order valence-electron chi connectivity index (χ1n) is 5.50. The van der Waals surface area contributed by atoms with Gasteiger partial charge in [-0.3, -0.25) is 0 Å². The molecule has 0 aromatic carbocycles. The number of nitrogens with one attached hydrogen (secondary N) is 1. The SMILES string of the molecule is COc1ncccc1CNCC1(C)COC1. The van der Waals surface area contributed by atoms with Crippen molar-refractivity contribution in [3.05, 3.63) is 23.9 Å². The Labute approximate surface area is 96.0 Å². The van der Waals surface area contributed by atoms with Crippen LogP contribution in [0, 0.1) is 5.41 Å². The molecule has 0 amide bonds. The normalized spacial score (nSPS) is 17.9. The van der Waals surface area contributed by atoms with E-state index >= 15 is 0 Å². The second-order valence-corrected chi connectivity index (χ2v) is 4.58. The van der Waals surface area contributed by atoms with Gasteiger partial charge in [0.2, 0.25) is 5.88 Å². The minimum absolute atomic E-state index is 0.301. The quantitative estimate of drug-likeness (QED) is 0.813. The van der Waals surface area contributed by atoms with Gasteiger partial charge in [0.25, 0.3) is 0 Å². The van der Waals surface area contributed by atoms with Crippen molar-refractivity contribution in [3.8, 4) is 5.88 Å². The lowest BCUT2D eigenvalue weighted by Gasteiger charge is -2.38. The third-order valence-electron chi connectivity index (χ3n) is 2.81. The van der Waals surface area contributed by atoms with Crippen molar-refractivity contribution in [2.75, 3.05) is 26.9 Å². The van der Waals surface area contributed by atoms with Gasteiger partial charge in [0, 0.05) is 30.3 Å². The molecule has 88 valence electrons. The lowest BCUT2D eigenvalue weighted by atomic mass is 9.89. The van der Waals surface area contributed by atoms with Gasteiger partial charge in [-0.2, -0.15) is 0 Å². The Bertz CT molecular complexity index is 351. The van der Waals surface area contributed by atoms with Crippen molar-refractivity contribution >= 4 is 0 Å². The van der Waals surface area contributed by atoms with Crippen molar-refractivity contribution in [2.24, 2.45) is 5.41 Å². The van der Waals surface area contributed by atoms with Crippen LogP contribution in [0.5, 0.6) is 5.88 Å². The van der Waals surface area contributed by atoms with E-state index in [4.69, 9.17) is 9.47 Å². The first-order valence-corrected chi connectivity index (χ1v) is 5.50. The predicted octanol–water partition coefficient (Wildman–Crippen LogP) is 1.22. The molecule has 0 saturated carbocycles. The molecule has 2 rings (SSSR count). The monoisotopic (exact) mass is 222 g/mol. The average Bonchev–Trinajstić information content (AvgIpc) is 2.27. The number of hydrogen-bond acceptors (Lipinski definition) is 4. The molecule has 0 atom stereocenters. The van der Waals surface area contributed by atoms with Gasteiger partial charge in [-0.1, -0.05) is 13.0 Å². The van der Waals surface area contributed by atoms with Crippen LogP contribution in [0.25, 0.3) is 0 Å². The summed E-state index contributed by atoms with van der Waals surface area (Å²) in [6.45, 7) is 5.68. The molecule has 1 aliphatic rings. The van der Waals surface area contributed by atoms with Crippen LogP contribution < -0.4 is 10.1 Å². The minimum atomic E-state index is 0.301. The van der Waals surface area contributed by atoms with E-state index in [-0.39, 0.29) is 0 Å². The standard InChI is InChI=1S/C12H18N2O2/c1-12(8-16-9-12)7-13-6-10-4-3-5-14-11(10)15-2/h3-5,13H,6-9H2,1-2H3. The highest BCUT2D eigenvalue weighted by Crippen LogP contribution is 2.25.